The number of benzene rings is 2. The molecule has 26 heavy (non-hydrogen) atoms. The van der Waals surface area contributed by atoms with Crippen LogP contribution in [-0.4, -0.2) is 21.4 Å². The Kier molecular flexibility index (Phi) is 5.12. The molecule has 3 aromatic rings. The molecular formula is C20H20N4O2. The summed E-state index contributed by atoms with van der Waals surface area (Å²) < 4.78 is 1.48. The summed E-state index contributed by atoms with van der Waals surface area (Å²) in [6.07, 6.45) is 0.512. The average Bonchev–Trinajstić information content (AvgIpc) is 2.98. The van der Waals surface area contributed by atoms with E-state index < -0.39 is 0 Å². The van der Waals surface area contributed by atoms with Crippen molar-refractivity contribution >= 4 is 11.6 Å². The van der Waals surface area contributed by atoms with Crippen LogP contribution in [0.2, 0.25) is 0 Å². The van der Waals surface area contributed by atoms with Gasteiger partial charge in [-0.25, -0.2) is 10.1 Å². The molecule has 132 valence electrons. The third-order valence-electron chi connectivity index (χ3n) is 4.04. The number of aromatic nitrogens is 2. The van der Waals surface area contributed by atoms with E-state index in [9.17, 15) is 9.59 Å². The van der Waals surface area contributed by atoms with Gasteiger partial charge in [0.2, 0.25) is 0 Å². The zero-order valence-electron chi connectivity index (χ0n) is 14.7. The molecule has 0 atom stereocenters. The lowest BCUT2D eigenvalue weighted by molar-refractivity contribution is 0.0955. The van der Waals surface area contributed by atoms with Gasteiger partial charge in [0, 0.05) is 11.3 Å². The maximum absolute atomic E-state index is 12.8. The Bertz CT molecular complexity index is 986. The number of aryl methyl sites for hydroxylation is 1. The summed E-state index contributed by atoms with van der Waals surface area (Å²) >= 11 is 0. The Morgan fingerprint density at radius 3 is 2.31 bits per heavy atom. The standard InChI is InChI=1S/C20H20N4O2/c1-3-17(21-22-19(25)15-10-6-4-7-11-15)18-14(2)23-24(20(18)26)16-12-8-5-9-13-16/h4-13,23H,3H2,1-2H3,(H,22,25)/b21-17+. The van der Waals surface area contributed by atoms with Crippen molar-refractivity contribution in [2.24, 2.45) is 5.10 Å². The number of nitrogens with one attached hydrogen (secondary N) is 2. The van der Waals surface area contributed by atoms with E-state index in [0.717, 1.165) is 5.69 Å². The molecule has 0 radical (unpaired) electrons. The fourth-order valence-corrected chi connectivity index (χ4v) is 2.73. The fraction of sp³-hybridized carbons (Fsp3) is 0.150. The number of carbonyl (C=O) groups is 1. The van der Waals surface area contributed by atoms with Gasteiger partial charge in [-0.05, 0) is 37.6 Å². The monoisotopic (exact) mass is 348 g/mol. The van der Waals surface area contributed by atoms with Gasteiger partial charge in [0.05, 0.1) is 17.0 Å². The summed E-state index contributed by atoms with van der Waals surface area (Å²) in [5, 5.41) is 7.28. The van der Waals surface area contributed by atoms with Gasteiger partial charge < -0.3 is 0 Å². The lowest BCUT2D eigenvalue weighted by atomic mass is 10.1. The molecule has 0 fully saturated rings. The predicted molar refractivity (Wildman–Crippen MR) is 102 cm³/mol. The molecule has 0 saturated carbocycles. The lowest BCUT2D eigenvalue weighted by Crippen LogP contribution is -2.24. The number of nitrogens with zero attached hydrogens (tertiary/aromatic N) is 2. The van der Waals surface area contributed by atoms with Crippen LogP contribution in [0.25, 0.3) is 5.69 Å². The predicted octanol–water partition coefficient (Wildman–Crippen LogP) is 3.02. The lowest BCUT2D eigenvalue weighted by Gasteiger charge is -2.04. The van der Waals surface area contributed by atoms with E-state index in [4.69, 9.17) is 0 Å². The molecule has 0 aliphatic heterocycles. The highest BCUT2D eigenvalue weighted by Gasteiger charge is 2.17. The summed E-state index contributed by atoms with van der Waals surface area (Å²) in [4.78, 5) is 25.0. The average molecular weight is 348 g/mol. The number of para-hydroxylation sites is 1. The fourth-order valence-electron chi connectivity index (χ4n) is 2.73. The number of aromatic amines is 1. The van der Waals surface area contributed by atoms with E-state index in [1.165, 1.54) is 4.68 Å². The zero-order chi connectivity index (χ0) is 18.5. The molecule has 2 N–H and O–H groups in total. The first kappa shape index (κ1) is 17.4. The van der Waals surface area contributed by atoms with Crippen LogP contribution in [0.4, 0.5) is 0 Å². The minimum atomic E-state index is -0.312. The van der Waals surface area contributed by atoms with Crippen molar-refractivity contribution < 1.29 is 4.79 Å². The van der Waals surface area contributed by atoms with Gasteiger partial charge in [-0.15, -0.1) is 0 Å². The smallest absolute Gasteiger partial charge is 0.280 e. The molecule has 0 aliphatic carbocycles. The summed E-state index contributed by atoms with van der Waals surface area (Å²) in [6.45, 7) is 3.71. The van der Waals surface area contributed by atoms with Crippen molar-refractivity contribution in [2.45, 2.75) is 20.3 Å². The number of amides is 1. The first-order valence-corrected chi connectivity index (χ1v) is 8.41. The second kappa shape index (κ2) is 7.65. The number of carbonyl (C=O) groups excluding carboxylic acids is 1. The minimum absolute atomic E-state index is 0.191. The molecule has 0 bridgehead atoms. The van der Waals surface area contributed by atoms with E-state index in [1.54, 1.807) is 24.3 Å². The van der Waals surface area contributed by atoms with E-state index in [0.29, 0.717) is 29.0 Å². The normalized spacial score (nSPS) is 11.4. The third-order valence-corrected chi connectivity index (χ3v) is 4.04. The molecule has 0 spiro atoms. The molecular weight excluding hydrogens is 328 g/mol. The van der Waals surface area contributed by atoms with Crippen LogP contribution in [0.5, 0.6) is 0 Å². The van der Waals surface area contributed by atoms with Crippen molar-refractivity contribution in [3.63, 3.8) is 0 Å². The highest BCUT2D eigenvalue weighted by atomic mass is 16.2. The topological polar surface area (TPSA) is 79.2 Å². The Balaban J connectivity index is 1.92. The Hall–Kier alpha value is -3.41. The van der Waals surface area contributed by atoms with Crippen LogP contribution in [0, 0.1) is 6.92 Å². The van der Waals surface area contributed by atoms with Gasteiger partial charge in [0.25, 0.3) is 11.5 Å². The second-order valence-corrected chi connectivity index (χ2v) is 5.81. The Labute approximate surface area is 151 Å². The molecule has 0 unspecified atom stereocenters. The number of rotatable bonds is 5. The Morgan fingerprint density at radius 1 is 1.08 bits per heavy atom. The Morgan fingerprint density at radius 2 is 1.69 bits per heavy atom. The molecule has 0 saturated heterocycles. The molecule has 1 aromatic heterocycles. The van der Waals surface area contributed by atoms with Gasteiger partial charge in [-0.3, -0.25) is 14.7 Å². The molecule has 6 heteroatoms. The van der Waals surface area contributed by atoms with Crippen LogP contribution in [0.1, 0.15) is 35.0 Å². The summed E-state index contributed by atoms with van der Waals surface area (Å²) in [6, 6.07) is 18.2. The van der Waals surface area contributed by atoms with Gasteiger partial charge in [-0.1, -0.05) is 43.3 Å². The summed E-state index contributed by atoms with van der Waals surface area (Å²) in [7, 11) is 0. The number of hydrazone groups is 1. The highest BCUT2D eigenvalue weighted by Crippen LogP contribution is 2.09. The molecule has 1 heterocycles. The van der Waals surface area contributed by atoms with E-state index in [2.05, 4.69) is 15.6 Å². The molecule has 3 rings (SSSR count). The first-order valence-electron chi connectivity index (χ1n) is 8.41. The summed E-state index contributed by atoms with van der Waals surface area (Å²) in [5.74, 6) is -0.312. The van der Waals surface area contributed by atoms with Crippen molar-refractivity contribution in [1.82, 2.24) is 15.2 Å². The molecule has 6 nitrogen and oxygen atoms in total. The minimum Gasteiger partial charge on any atom is -0.295 e. The second-order valence-electron chi connectivity index (χ2n) is 5.81. The quantitative estimate of drug-likeness (QED) is 0.549. The number of hydrogen-bond donors (Lipinski definition) is 2. The van der Waals surface area contributed by atoms with Crippen LogP contribution in [-0.2, 0) is 0 Å². The van der Waals surface area contributed by atoms with Gasteiger partial charge in [0.15, 0.2) is 0 Å². The van der Waals surface area contributed by atoms with Crippen LogP contribution in [0.3, 0.4) is 0 Å². The van der Waals surface area contributed by atoms with Crippen molar-refractivity contribution in [3.05, 3.63) is 87.8 Å². The molecule has 0 aliphatic rings. The van der Waals surface area contributed by atoms with Crippen molar-refractivity contribution in [1.29, 1.82) is 0 Å². The number of hydrogen-bond acceptors (Lipinski definition) is 3. The van der Waals surface area contributed by atoms with E-state index in [-0.39, 0.29) is 11.5 Å². The zero-order valence-corrected chi connectivity index (χ0v) is 14.7. The van der Waals surface area contributed by atoms with E-state index in [1.807, 2.05) is 50.2 Å². The van der Waals surface area contributed by atoms with Crippen LogP contribution < -0.4 is 11.0 Å². The van der Waals surface area contributed by atoms with Gasteiger partial charge in [0.1, 0.15) is 0 Å². The van der Waals surface area contributed by atoms with Gasteiger partial charge >= 0.3 is 0 Å². The van der Waals surface area contributed by atoms with Crippen LogP contribution >= 0.6 is 0 Å². The van der Waals surface area contributed by atoms with Crippen molar-refractivity contribution in [2.75, 3.05) is 0 Å². The first-order chi connectivity index (χ1) is 12.6. The maximum atomic E-state index is 12.8. The van der Waals surface area contributed by atoms with Gasteiger partial charge in [-0.2, -0.15) is 5.10 Å². The molecule has 1 amide bonds. The molecule has 2 aromatic carbocycles. The number of H-pyrrole nitrogens is 1. The largest absolute Gasteiger partial charge is 0.295 e. The van der Waals surface area contributed by atoms with Crippen molar-refractivity contribution in [3.8, 4) is 5.69 Å². The highest BCUT2D eigenvalue weighted by molar-refractivity contribution is 6.02. The van der Waals surface area contributed by atoms with E-state index >= 15 is 0 Å². The third kappa shape index (κ3) is 3.49. The SMILES string of the molecule is CC/C(=N\NC(=O)c1ccccc1)c1c(C)[nH]n(-c2ccccc2)c1=O. The summed E-state index contributed by atoms with van der Waals surface area (Å²) in [5.41, 5.74) is 5.32. The maximum Gasteiger partial charge on any atom is 0.280 e. The van der Waals surface area contributed by atoms with Crippen LogP contribution in [0.15, 0.2) is 70.6 Å².